The number of nitrogens with zero attached hydrogens (tertiary/aromatic N) is 2. The highest BCUT2D eigenvalue weighted by molar-refractivity contribution is 5.96. The first-order valence-electron chi connectivity index (χ1n) is 5.24. The number of nitriles is 1. The molecular weight excluding hydrogens is 206 g/mol. The molecule has 0 radical (unpaired) electrons. The number of hydrogen-bond donors (Lipinski definition) is 1. The molecule has 5 heteroatoms. The number of carbonyl (C=O) groups is 1. The van der Waals surface area contributed by atoms with Gasteiger partial charge in [0, 0.05) is 6.07 Å². The van der Waals surface area contributed by atoms with Crippen LogP contribution < -0.4 is 5.32 Å². The van der Waals surface area contributed by atoms with Gasteiger partial charge in [-0.05, 0) is 19.8 Å². The molecule has 16 heavy (non-hydrogen) atoms. The summed E-state index contributed by atoms with van der Waals surface area (Å²) in [5, 5.41) is 15.3. The molecular formula is C11H15N3O2. The molecule has 5 nitrogen and oxygen atoms in total. The first-order chi connectivity index (χ1) is 7.57. The highest BCUT2D eigenvalue weighted by atomic mass is 16.5. The summed E-state index contributed by atoms with van der Waals surface area (Å²) in [6, 6.07) is 3.68. The lowest BCUT2D eigenvalue weighted by Gasteiger charge is -2.20. The smallest absolute Gasteiger partial charge is 0.247 e. The van der Waals surface area contributed by atoms with Crippen LogP contribution in [0.2, 0.25) is 0 Å². The van der Waals surface area contributed by atoms with Crippen molar-refractivity contribution in [2.24, 2.45) is 5.41 Å². The van der Waals surface area contributed by atoms with Crippen molar-refractivity contribution < 1.29 is 9.32 Å². The second-order valence-electron chi connectivity index (χ2n) is 3.69. The van der Waals surface area contributed by atoms with Crippen LogP contribution in [0.4, 0.5) is 5.88 Å². The summed E-state index contributed by atoms with van der Waals surface area (Å²) < 4.78 is 4.87. The van der Waals surface area contributed by atoms with Gasteiger partial charge in [-0.1, -0.05) is 19.0 Å². The molecule has 0 aromatic carbocycles. The molecule has 1 aromatic heterocycles. The Bertz CT molecular complexity index is 413. The van der Waals surface area contributed by atoms with E-state index < -0.39 is 5.41 Å². The van der Waals surface area contributed by atoms with E-state index in [4.69, 9.17) is 9.78 Å². The highest BCUT2D eigenvalue weighted by Gasteiger charge is 2.35. The standard InChI is InChI=1S/C11H15N3O2/c1-4-11(5-2,7-12)10(15)13-9-6-8(3)14-16-9/h6H,4-5H2,1-3H3,(H,13,15). The third-order valence-electron chi connectivity index (χ3n) is 2.72. The van der Waals surface area contributed by atoms with E-state index in [2.05, 4.69) is 16.5 Å². The summed E-state index contributed by atoms with van der Waals surface area (Å²) >= 11 is 0. The van der Waals surface area contributed by atoms with Crippen LogP contribution in [0, 0.1) is 23.7 Å². The fourth-order valence-corrected chi connectivity index (χ4v) is 1.43. The molecule has 0 aliphatic heterocycles. The normalized spacial score (nSPS) is 10.9. The molecule has 86 valence electrons. The molecule has 1 rings (SSSR count). The van der Waals surface area contributed by atoms with E-state index in [0.29, 0.717) is 18.5 Å². The molecule has 0 aliphatic rings. The zero-order valence-corrected chi connectivity index (χ0v) is 9.70. The van der Waals surface area contributed by atoms with E-state index in [1.54, 1.807) is 13.0 Å². The lowest BCUT2D eigenvalue weighted by molar-refractivity contribution is -0.123. The zero-order valence-electron chi connectivity index (χ0n) is 9.70. The molecule has 0 bridgehead atoms. The fraction of sp³-hybridized carbons (Fsp3) is 0.545. The van der Waals surface area contributed by atoms with Crippen molar-refractivity contribution in [3.05, 3.63) is 11.8 Å². The summed E-state index contributed by atoms with van der Waals surface area (Å²) in [4.78, 5) is 11.9. The Balaban J connectivity index is 2.82. The zero-order chi connectivity index (χ0) is 12.2. The highest BCUT2D eigenvalue weighted by Crippen LogP contribution is 2.27. The Kier molecular flexibility index (Phi) is 3.67. The Labute approximate surface area is 94.4 Å². The number of aromatic nitrogens is 1. The van der Waals surface area contributed by atoms with Crippen LogP contribution in [0.25, 0.3) is 0 Å². The number of hydrogen-bond acceptors (Lipinski definition) is 4. The van der Waals surface area contributed by atoms with Crippen molar-refractivity contribution in [1.82, 2.24) is 5.16 Å². The van der Waals surface area contributed by atoms with Gasteiger partial charge in [0.2, 0.25) is 11.8 Å². The summed E-state index contributed by atoms with van der Waals surface area (Å²) in [7, 11) is 0. The predicted octanol–water partition coefficient (Wildman–Crippen LogP) is 2.25. The van der Waals surface area contributed by atoms with Crippen LogP contribution in [0.3, 0.4) is 0 Å². The Morgan fingerprint density at radius 2 is 2.25 bits per heavy atom. The molecule has 0 atom stereocenters. The van der Waals surface area contributed by atoms with Crippen LogP contribution in [0.15, 0.2) is 10.6 Å². The summed E-state index contributed by atoms with van der Waals surface area (Å²) in [6.07, 6.45) is 0.942. The predicted molar refractivity (Wildman–Crippen MR) is 58.5 cm³/mol. The summed E-state index contributed by atoms with van der Waals surface area (Å²) in [5.41, 5.74) is -0.299. The number of nitrogens with one attached hydrogen (secondary N) is 1. The number of rotatable bonds is 4. The molecule has 1 aromatic rings. The Hall–Kier alpha value is -1.83. The minimum atomic E-state index is -0.985. The first kappa shape index (κ1) is 12.2. The maximum atomic E-state index is 11.9. The number of anilines is 1. The molecule has 0 unspecified atom stereocenters. The molecule has 1 amide bonds. The number of carbonyl (C=O) groups excluding carboxylic acids is 1. The second kappa shape index (κ2) is 4.79. The lowest BCUT2D eigenvalue weighted by Crippen LogP contribution is -2.33. The monoisotopic (exact) mass is 221 g/mol. The maximum absolute atomic E-state index is 11.9. The van der Waals surface area contributed by atoms with Gasteiger partial charge in [0.1, 0.15) is 5.41 Å². The van der Waals surface area contributed by atoms with E-state index in [1.165, 1.54) is 0 Å². The van der Waals surface area contributed by atoms with Crippen LogP contribution >= 0.6 is 0 Å². The van der Waals surface area contributed by atoms with Crippen LogP contribution in [-0.2, 0) is 4.79 Å². The van der Waals surface area contributed by atoms with Crippen molar-refractivity contribution >= 4 is 11.8 Å². The molecule has 0 saturated carbocycles. The Morgan fingerprint density at radius 1 is 1.62 bits per heavy atom. The van der Waals surface area contributed by atoms with Gasteiger partial charge >= 0.3 is 0 Å². The maximum Gasteiger partial charge on any atom is 0.247 e. The van der Waals surface area contributed by atoms with Crippen molar-refractivity contribution in [3.8, 4) is 6.07 Å². The van der Waals surface area contributed by atoms with Gasteiger partial charge in [-0.2, -0.15) is 5.26 Å². The largest absolute Gasteiger partial charge is 0.338 e. The topological polar surface area (TPSA) is 78.9 Å². The summed E-state index contributed by atoms with van der Waals surface area (Å²) in [5.74, 6) is -0.0554. The van der Waals surface area contributed by atoms with E-state index in [1.807, 2.05) is 13.8 Å². The third kappa shape index (κ3) is 2.22. The third-order valence-corrected chi connectivity index (χ3v) is 2.72. The van der Waals surface area contributed by atoms with Gasteiger partial charge in [-0.25, -0.2) is 0 Å². The van der Waals surface area contributed by atoms with Gasteiger partial charge in [0.05, 0.1) is 11.8 Å². The number of amides is 1. The molecule has 1 N–H and O–H groups in total. The molecule has 1 heterocycles. The van der Waals surface area contributed by atoms with Gasteiger partial charge in [-0.15, -0.1) is 0 Å². The van der Waals surface area contributed by atoms with Gasteiger partial charge in [0.15, 0.2) is 0 Å². The Morgan fingerprint density at radius 3 is 2.62 bits per heavy atom. The minimum Gasteiger partial charge on any atom is -0.338 e. The fourth-order valence-electron chi connectivity index (χ4n) is 1.43. The van der Waals surface area contributed by atoms with E-state index >= 15 is 0 Å². The molecule has 0 fully saturated rings. The minimum absolute atomic E-state index is 0.282. The SMILES string of the molecule is CCC(C#N)(CC)C(=O)Nc1cc(C)no1. The molecule has 0 spiro atoms. The van der Waals surface area contributed by atoms with Crippen LogP contribution in [0.5, 0.6) is 0 Å². The van der Waals surface area contributed by atoms with E-state index in [0.717, 1.165) is 0 Å². The van der Waals surface area contributed by atoms with Gasteiger partial charge < -0.3 is 4.52 Å². The van der Waals surface area contributed by atoms with Crippen LogP contribution in [0.1, 0.15) is 32.4 Å². The first-order valence-corrected chi connectivity index (χ1v) is 5.24. The van der Waals surface area contributed by atoms with Crippen molar-refractivity contribution in [1.29, 1.82) is 5.26 Å². The average molecular weight is 221 g/mol. The average Bonchev–Trinajstić information content (AvgIpc) is 2.67. The van der Waals surface area contributed by atoms with Crippen molar-refractivity contribution in [2.45, 2.75) is 33.6 Å². The number of aryl methyl sites for hydroxylation is 1. The van der Waals surface area contributed by atoms with Crippen molar-refractivity contribution in [2.75, 3.05) is 5.32 Å². The van der Waals surface area contributed by atoms with E-state index in [-0.39, 0.29) is 11.8 Å². The lowest BCUT2D eigenvalue weighted by atomic mass is 9.83. The van der Waals surface area contributed by atoms with E-state index in [9.17, 15) is 4.79 Å². The van der Waals surface area contributed by atoms with Gasteiger partial charge in [0.25, 0.3) is 0 Å². The summed E-state index contributed by atoms with van der Waals surface area (Å²) in [6.45, 7) is 5.40. The molecule has 0 aliphatic carbocycles. The van der Waals surface area contributed by atoms with Gasteiger partial charge in [-0.3, -0.25) is 10.1 Å². The second-order valence-corrected chi connectivity index (χ2v) is 3.69. The van der Waals surface area contributed by atoms with Crippen molar-refractivity contribution in [3.63, 3.8) is 0 Å². The quantitative estimate of drug-likeness (QED) is 0.845. The van der Waals surface area contributed by atoms with Crippen LogP contribution in [-0.4, -0.2) is 11.1 Å². The molecule has 0 saturated heterocycles.